The van der Waals surface area contributed by atoms with Crippen molar-refractivity contribution < 1.29 is 31.1 Å². The quantitative estimate of drug-likeness (QED) is 0.659. The Morgan fingerprint density at radius 1 is 0.933 bits per heavy atom. The van der Waals surface area contributed by atoms with Crippen LogP contribution in [-0.4, -0.2) is 56.1 Å². The van der Waals surface area contributed by atoms with E-state index in [1.807, 2.05) is 0 Å². The molecule has 30 heavy (non-hydrogen) atoms. The van der Waals surface area contributed by atoms with E-state index >= 15 is 0 Å². The lowest BCUT2D eigenvalue weighted by molar-refractivity contribution is -0.274. The van der Waals surface area contributed by atoms with Crippen molar-refractivity contribution in [3.63, 3.8) is 0 Å². The highest BCUT2D eigenvalue weighted by Crippen LogP contribution is 2.32. The van der Waals surface area contributed by atoms with Gasteiger partial charge in [-0.15, -0.1) is 13.2 Å². The van der Waals surface area contributed by atoms with Crippen molar-refractivity contribution in [3.8, 4) is 5.75 Å². The first-order valence-corrected chi connectivity index (χ1v) is 10.8. The molecule has 0 aliphatic carbocycles. The van der Waals surface area contributed by atoms with E-state index in [1.54, 1.807) is 0 Å². The summed E-state index contributed by atoms with van der Waals surface area (Å²) in [6.45, 7) is 0.234. The molecule has 1 heterocycles. The highest BCUT2D eigenvalue weighted by molar-refractivity contribution is 7.89. The molecule has 0 spiro atoms. The number of carbonyl (C=O) groups is 1. The van der Waals surface area contributed by atoms with E-state index in [-0.39, 0.29) is 46.7 Å². The van der Waals surface area contributed by atoms with Crippen LogP contribution < -0.4 is 4.74 Å². The number of rotatable bonds is 4. The SMILES string of the molecule is O=C(c1ccc(OC(F)(F)F)cc1)N1CCN(S(=O)(=O)c2c(Cl)cccc2Cl)CC1. The zero-order valence-electron chi connectivity index (χ0n) is 15.2. The van der Waals surface area contributed by atoms with Gasteiger partial charge in [-0.2, -0.15) is 4.31 Å². The maximum Gasteiger partial charge on any atom is 0.573 e. The number of carbonyl (C=O) groups excluding carboxylic acids is 1. The molecule has 0 atom stereocenters. The zero-order valence-corrected chi connectivity index (χ0v) is 17.5. The highest BCUT2D eigenvalue weighted by Gasteiger charge is 2.34. The van der Waals surface area contributed by atoms with Crippen LogP contribution in [0.5, 0.6) is 5.75 Å². The lowest BCUT2D eigenvalue weighted by Gasteiger charge is -2.34. The normalized spacial score (nSPS) is 15.8. The fourth-order valence-electron chi connectivity index (χ4n) is 2.97. The van der Waals surface area contributed by atoms with E-state index in [1.165, 1.54) is 39.5 Å². The van der Waals surface area contributed by atoms with E-state index in [0.717, 1.165) is 12.1 Å². The molecule has 1 fully saturated rings. The molecule has 0 aromatic heterocycles. The molecule has 3 rings (SSSR count). The monoisotopic (exact) mass is 482 g/mol. The van der Waals surface area contributed by atoms with Gasteiger partial charge >= 0.3 is 6.36 Å². The summed E-state index contributed by atoms with van der Waals surface area (Å²) in [5.74, 6) is -0.868. The standard InChI is InChI=1S/C18H15Cl2F3N2O4S/c19-14-2-1-3-15(20)16(14)30(27,28)25-10-8-24(9-11-25)17(26)12-4-6-13(7-5-12)29-18(21,22)23/h1-7H,8-11H2. The van der Waals surface area contributed by atoms with E-state index < -0.39 is 28.0 Å². The van der Waals surface area contributed by atoms with E-state index in [2.05, 4.69) is 4.74 Å². The van der Waals surface area contributed by atoms with Gasteiger partial charge in [0.25, 0.3) is 5.91 Å². The number of hydrogen-bond acceptors (Lipinski definition) is 4. The zero-order chi connectivity index (χ0) is 22.1. The third kappa shape index (κ3) is 5.00. The molecule has 2 aromatic carbocycles. The number of ether oxygens (including phenoxy) is 1. The molecule has 0 unspecified atom stereocenters. The number of halogens is 5. The van der Waals surface area contributed by atoms with E-state index in [9.17, 15) is 26.4 Å². The third-order valence-corrected chi connectivity index (χ3v) is 7.23. The largest absolute Gasteiger partial charge is 0.573 e. The molecule has 2 aromatic rings. The second-order valence-electron chi connectivity index (χ2n) is 6.32. The summed E-state index contributed by atoms with van der Waals surface area (Å²) in [5, 5.41) is 0.00402. The topological polar surface area (TPSA) is 66.9 Å². The fourth-order valence-corrected chi connectivity index (χ4v) is 5.48. The van der Waals surface area contributed by atoms with Crippen LogP contribution in [0, 0.1) is 0 Å². The molecule has 1 aliphatic rings. The summed E-state index contributed by atoms with van der Waals surface area (Å²) >= 11 is 12.0. The van der Waals surface area contributed by atoms with Gasteiger partial charge in [-0.05, 0) is 36.4 Å². The van der Waals surface area contributed by atoms with Gasteiger partial charge in [-0.25, -0.2) is 8.42 Å². The average molecular weight is 483 g/mol. The average Bonchev–Trinajstić information content (AvgIpc) is 2.66. The number of sulfonamides is 1. The predicted molar refractivity (Wildman–Crippen MR) is 104 cm³/mol. The second kappa shape index (κ2) is 8.62. The van der Waals surface area contributed by atoms with Gasteiger partial charge in [-0.1, -0.05) is 29.3 Å². The van der Waals surface area contributed by atoms with Gasteiger partial charge < -0.3 is 9.64 Å². The van der Waals surface area contributed by atoms with Crippen molar-refractivity contribution >= 4 is 39.1 Å². The van der Waals surface area contributed by atoms with Crippen molar-refractivity contribution in [3.05, 3.63) is 58.1 Å². The van der Waals surface area contributed by atoms with Gasteiger partial charge in [0.05, 0.1) is 10.0 Å². The Labute approximate surface area is 180 Å². The molecule has 12 heteroatoms. The van der Waals surface area contributed by atoms with Crippen molar-refractivity contribution in [1.29, 1.82) is 0 Å². The molecular weight excluding hydrogens is 468 g/mol. The summed E-state index contributed by atoms with van der Waals surface area (Å²) in [4.78, 5) is 13.8. The minimum atomic E-state index is -4.82. The second-order valence-corrected chi connectivity index (χ2v) is 9.01. The van der Waals surface area contributed by atoms with Crippen LogP contribution in [0.4, 0.5) is 13.2 Å². The van der Waals surface area contributed by atoms with Crippen LogP contribution in [-0.2, 0) is 10.0 Å². The highest BCUT2D eigenvalue weighted by atomic mass is 35.5. The molecular formula is C18H15Cl2F3N2O4S. The maximum atomic E-state index is 12.9. The smallest absolute Gasteiger partial charge is 0.406 e. The molecule has 0 saturated carbocycles. The lowest BCUT2D eigenvalue weighted by Crippen LogP contribution is -2.50. The first-order chi connectivity index (χ1) is 14.0. The lowest BCUT2D eigenvalue weighted by atomic mass is 10.2. The predicted octanol–water partition coefficient (Wildman–Crippen LogP) is 4.04. The van der Waals surface area contributed by atoms with Crippen LogP contribution in [0.2, 0.25) is 10.0 Å². The number of amides is 1. The summed E-state index contributed by atoms with van der Waals surface area (Å²) in [6, 6.07) is 8.90. The molecule has 162 valence electrons. The summed E-state index contributed by atoms with van der Waals surface area (Å²) in [7, 11) is -3.95. The number of benzene rings is 2. The Morgan fingerprint density at radius 3 is 1.97 bits per heavy atom. The van der Waals surface area contributed by atoms with Crippen LogP contribution in [0.15, 0.2) is 47.4 Å². The number of nitrogens with zero attached hydrogens (tertiary/aromatic N) is 2. The Kier molecular flexibility index (Phi) is 6.51. The molecule has 1 amide bonds. The van der Waals surface area contributed by atoms with Gasteiger partial charge in [0.1, 0.15) is 10.6 Å². The summed E-state index contributed by atoms with van der Waals surface area (Å²) < 4.78 is 67.4. The molecule has 0 N–H and O–H groups in total. The number of alkyl halides is 3. The fraction of sp³-hybridized carbons (Fsp3) is 0.278. The Bertz CT molecular complexity index is 1020. The number of piperazine rings is 1. The maximum absolute atomic E-state index is 12.9. The molecule has 0 radical (unpaired) electrons. The van der Waals surface area contributed by atoms with Crippen molar-refractivity contribution in [1.82, 2.24) is 9.21 Å². The van der Waals surface area contributed by atoms with Crippen LogP contribution in [0.25, 0.3) is 0 Å². The van der Waals surface area contributed by atoms with E-state index in [4.69, 9.17) is 23.2 Å². The first-order valence-electron chi connectivity index (χ1n) is 8.58. The molecule has 6 nitrogen and oxygen atoms in total. The minimum absolute atomic E-state index is 0.00201. The Morgan fingerprint density at radius 2 is 1.47 bits per heavy atom. The van der Waals surface area contributed by atoms with Crippen molar-refractivity contribution in [2.24, 2.45) is 0 Å². The van der Waals surface area contributed by atoms with Gasteiger partial charge in [0.15, 0.2) is 0 Å². The summed E-state index contributed by atoms with van der Waals surface area (Å²) in [6.07, 6.45) is -4.82. The first kappa shape index (κ1) is 22.7. The van der Waals surface area contributed by atoms with Crippen LogP contribution in [0.3, 0.4) is 0 Å². The van der Waals surface area contributed by atoms with Gasteiger partial charge in [0.2, 0.25) is 10.0 Å². The van der Waals surface area contributed by atoms with Crippen LogP contribution >= 0.6 is 23.2 Å². The van der Waals surface area contributed by atoms with Gasteiger partial charge in [-0.3, -0.25) is 4.79 Å². The molecule has 1 saturated heterocycles. The summed E-state index contributed by atoms with van der Waals surface area (Å²) in [5.41, 5.74) is 0.162. The van der Waals surface area contributed by atoms with E-state index in [0.29, 0.717) is 0 Å². The number of hydrogen-bond donors (Lipinski definition) is 0. The Balaban J connectivity index is 1.67. The van der Waals surface area contributed by atoms with Gasteiger partial charge in [0, 0.05) is 31.7 Å². The van der Waals surface area contributed by atoms with Crippen molar-refractivity contribution in [2.45, 2.75) is 11.3 Å². The minimum Gasteiger partial charge on any atom is -0.406 e. The third-order valence-electron chi connectivity index (χ3n) is 4.38. The Hall–Kier alpha value is -2.01. The molecule has 1 aliphatic heterocycles. The van der Waals surface area contributed by atoms with Crippen molar-refractivity contribution in [2.75, 3.05) is 26.2 Å². The van der Waals surface area contributed by atoms with Crippen LogP contribution in [0.1, 0.15) is 10.4 Å². The molecule has 0 bridgehead atoms.